The molecular weight excluding hydrogens is 112 g/mol. The Hall–Kier alpha value is -0.300. The maximum Gasteiger partial charge on any atom is 0.0847 e. The summed E-state index contributed by atoms with van der Waals surface area (Å²) < 4.78 is 5.36. The highest BCUT2D eigenvalue weighted by molar-refractivity contribution is 4.96. The third-order valence-electron chi connectivity index (χ3n) is 2.38. The van der Waals surface area contributed by atoms with Crippen molar-refractivity contribution in [3.8, 4) is 0 Å². The SMILES string of the molecule is C=C[C@@H]1CC[C@@H]2O[C@@H]2C1. The zero-order valence-electron chi connectivity index (χ0n) is 5.55. The third-order valence-corrected chi connectivity index (χ3v) is 2.38. The number of hydrogen-bond donors (Lipinski definition) is 0. The van der Waals surface area contributed by atoms with Crippen LogP contribution in [0.5, 0.6) is 0 Å². The lowest BCUT2D eigenvalue weighted by Gasteiger charge is -2.12. The fourth-order valence-electron chi connectivity index (χ4n) is 1.65. The second-order valence-electron chi connectivity index (χ2n) is 3.02. The van der Waals surface area contributed by atoms with Gasteiger partial charge in [0.25, 0.3) is 0 Å². The van der Waals surface area contributed by atoms with Gasteiger partial charge in [-0.05, 0) is 25.2 Å². The van der Waals surface area contributed by atoms with Gasteiger partial charge in [0.05, 0.1) is 12.2 Å². The predicted octanol–water partition coefficient (Wildman–Crippen LogP) is 1.74. The average molecular weight is 124 g/mol. The van der Waals surface area contributed by atoms with E-state index < -0.39 is 0 Å². The first-order valence-corrected chi connectivity index (χ1v) is 3.68. The van der Waals surface area contributed by atoms with Gasteiger partial charge in [-0.25, -0.2) is 0 Å². The Balaban J connectivity index is 1.93. The normalized spacial score (nSPS) is 47.8. The summed E-state index contributed by atoms with van der Waals surface area (Å²) in [6.45, 7) is 3.78. The summed E-state index contributed by atoms with van der Waals surface area (Å²) in [5.74, 6) is 0.744. The highest BCUT2D eigenvalue weighted by Gasteiger charge is 2.42. The molecule has 0 N–H and O–H groups in total. The first-order valence-electron chi connectivity index (χ1n) is 3.68. The third kappa shape index (κ3) is 0.897. The summed E-state index contributed by atoms with van der Waals surface area (Å²) in [5, 5.41) is 0. The van der Waals surface area contributed by atoms with Crippen molar-refractivity contribution in [2.24, 2.45) is 5.92 Å². The molecule has 1 aliphatic heterocycles. The topological polar surface area (TPSA) is 12.5 Å². The molecule has 0 radical (unpaired) electrons. The van der Waals surface area contributed by atoms with Crippen LogP contribution in [0.25, 0.3) is 0 Å². The molecule has 1 aliphatic carbocycles. The van der Waals surface area contributed by atoms with Gasteiger partial charge in [0.15, 0.2) is 0 Å². The van der Waals surface area contributed by atoms with Crippen LogP contribution in [0.1, 0.15) is 19.3 Å². The smallest absolute Gasteiger partial charge is 0.0847 e. The Morgan fingerprint density at radius 2 is 2.22 bits per heavy atom. The maximum atomic E-state index is 5.36. The fraction of sp³-hybridized carbons (Fsp3) is 0.750. The van der Waals surface area contributed by atoms with E-state index in [1.165, 1.54) is 19.3 Å². The molecule has 0 bridgehead atoms. The van der Waals surface area contributed by atoms with Crippen molar-refractivity contribution in [2.75, 3.05) is 0 Å². The van der Waals surface area contributed by atoms with E-state index in [9.17, 15) is 0 Å². The number of rotatable bonds is 1. The molecule has 1 heterocycles. The zero-order chi connectivity index (χ0) is 6.27. The number of epoxide rings is 1. The van der Waals surface area contributed by atoms with E-state index in [1.807, 2.05) is 0 Å². The van der Waals surface area contributed by atoms with Gasteiger partial charge in [-0.15, -0.1) is 6.58 Å². The van der Waals surface area contributed by atoms with Gasteiger partial charge in [-0.3, -0.25) is 0 Å². The van der Waals surface area contributed by atoms with E-state index in [-0.39, 0.29) is 0 Å². The Morgan fingerprint density at radius 3 is 2.89 bits per heavy atom. The number of hydrogen-bond acceptors (Lipinski definition) is 1. The molecule has 3 atom stereocenters. The molecule has 0 aromatic heterocycles. The molecule has 2 fully saturated rings. The Kier molecular flexibility index (Phi) is 1.12. The van der Waals surface area contributed by atoms with Crippen LogP contribution in [-0.4, -0.2) is 12.2 Å². The van der Waals surface area contributed by atoms with Crippen molar-refractivity contribution in [1.82, 2.24) is 0 Å². The summed E-state index contributed by atoms with van der Waals surface area (Å²) in [5.41, 5.74) is 0. The predicted molar refractivity (Wildman–Crippen MR) is 36.2 cm³/mol. The van der Waals surface area contributed by atoms with E-state index in [2.05, 4.69) is 12.7 Å². The number of allylic oxidation sites excluding steroid dienone is 1. The van der Waals surface area contributed by atoms with Crippen molar-refractivity contribution < 1.29 is 4.74 Å². The molecule has 1 saturated heterocycles. The molecule has 2 aliphatic rings. The highest BCUT2D eigenvalue weighted by Crippen LogP contribution is 2.39. The summed E-state index contributed by atoms with van der Waals surface area (Å²) >= 11 is 0. The zero-order valence-corrected chi connectivity index (χ0v) is 5.55. The monoisotopic (exact) mass is 124 g/mol. The van der Waals surface area contributed by atoms with Crippen molar-refractivity contribution in [3.05, 3.63) is 12.7 Å². The van der Waals surface area contributed by atoms with Crippen molar-refractivity contribution in [1.29, 1.82) is 0 Å². The molecule has 0 aromatic carbocycles. The number of ether oxygens (including phenoxy) is 1. The van der Waals surface area contributed by atoms with Gasteiger partial charge >= 0.3 is 0 Å². The van der Waals surface area contributed by atoms with Crippen molar-refractivity contribution in [2.45, 2.75) is 31.5 Å². The van der Waals surface area contributed by atoms with E-state index in [0.29, 0.717) is 12.2 Å². The van der Waals surface area contributed by atoms with E-state index in [0.717, 1.165) is 5.92 Å². The first kappa shape index (κ1) is 5.48. The molecule has 2 rings (SSSR count). The highest BCUT2D eigenvalue weighted by atomic mass is 16.6. The summed E-state index contributed by atoms with van der Waals surface area (Å²) in [6, 6.07) is 0. The molecule has 0 amide bonds. The quantitative estimate of drug-likeness (QED) is 0.383. The Bertz CT molecular complexity index is 131. The largest absolute Gasteiger partial charge is 0.370 e. The fourth-order valence-corrected chi connectivity index (χ4v) is 1.65. The molecule has 1 nitrogen and oxygen atoms in total. The Labute approximate surface area is 55.7 Å². The molecule has 1 saturated carbocycles. The minimum absolute atomic E-state index is 0.613. The minimum atomic E-state index is 0.613. The van der Waals surface area contributed by atoms with Crippen LogP contribution in [0, 0.1) is 5.92 Å². The molecule has 50 valence electrons. The van der Waals surface area contributed by atoms with Gasteiger partial charge in [0.1, 0.15) is 0 Å². The van der Waals surface area contributed by atoms with Crippen LogP contribution < -0.4 is 0 Å². The second kappa shape index (κ2) is 1.84. The van der Waals surface area contributed by atoms with Crippen LogP contribution in [0.4, 0.5) is 0 Å². The van der Waals surface area contributed by atoms with E-state index >= 15 is 0 Å². The standard InChI is InChI=1S/C8H12O/c1-2-6-3-4-7-8(5-6)9-7/h2,6-8H,1,3-5H2/t6-,7+,8-/m1/s1. The second-order valence-corrected chi connectivity index (χ2v) is 3.02. The van der Waals surface area contributed by atoms with Crippen LogP contribution in [0.15, 0.2) is 12.7 Å². The van der Waals surface area contributed by atoms with Crippen molar-refractivity contribution >= 4 is 0 Å². The molecule has 0 aromatic rings. The molecule has 1 heteroatoms. The van der Waals surface area contributed by atoms with E-state index in [1.54, 1.807) is 0 Å². The van der Waals surface area contributed by atoms with Crippen LogP contribution in [-0.2, 0) is 4.74 Å². The summed E-state index contributed by atoms with van der Waals surface area (Å²) in [6.07, 6.45) is 7.11. The van der Waals surface area contributed by atoms with Crippen LogP contribution in [0.2, 0.25) is 0 Å². The van der Waals surface area contributed by atoms with Gasteiger partial charge in [0.2, 0.25) is 0 Å². The molecular formula is C8H12O. The number of fused-ring (bicyclic) bond motifs is 1. The minimum Gasteiger partial charge on any atom is -0.370 e. The molecule has 0 unspecified atom stereocenters. The van der Waals surface area contributed by atoms with Gasteiger partial charge in [-0.1, -0.05) is 6.08 Å². The van der Waals surface area contributed by atoms with Gasteiger partial charge in [-0.2, -0.15) is 0 Å². The lowest BCUT2D eigenvalue weighted by Crippen LogP contribution is -2.10. The summed E-state index contributed by atoms with van der Waals surface area (Å²) in [7, 11) is 0. The molecule has 9 heavy (non-hydrogen) atoms. The van der Waals surface area contributed by atoms with Crippen molar-refractivity contribution in [3.63, 3.8) is 0 Å². The maximum absolute atomic E-state index is 5.36. The van der Waals surface area contributed by atoms with E-state index in [4.69, 9.17) is 4.74 Å². The first-order chi connectivity index (χ1) is 4.40. The van der Waals surface area contributed by atoms with Crippen LogP contribution in [0.3, 0.4) is 0 Å². The average Bonchev–Trinajstić information content (AvgIpc) is 2.64. The van der Waals surface area contributed by atoms with Gasteiger partial charge < -0.3 is 4.74 Å². The lowest BCUT2D eigenvalue weighted by atomic mass is 9.90. The van der Waals surface area contributed by atoms with Gasteiger partial charge in [0, 0.05) is 0 Å². The molecule has 0 spiro atoms. The Morgan fingerprint density at radius 1 is 1.33 bits per heavy atom. The lowest BCUT2D eigenvalue weighted by molar-refractivity contribution is 0.370. The summed E-state index contributed by atoms with van der Waals surface area (Å²) in [4.78, 5) is 0. The van der Waals surface area contributed by atoms with Crippen LogP contribution >= 0.6 is 0 Å².